The normalized spacial score (nSPS) is 21.8. The number of carbonyl (C=O) groups is 3. The first kappa shape index (κ1) is 35.2. The van der Waals surface area contributed by atoms with Gasteiger partial charge in [-0.15, -0.1) is 0 Å². The van der Waals surface area contributed by atoms with Crippen molar-refractivity contribution in [2.24, 2.45) is 40.9 Å². The van der Waals surface area contributed by atoms with Gasteiger partial charge < -0.3 is 33.2 Å². The Hall–Kier alpha value is -3.04. The van der Waals surface area contributed by atoms with Crippen molar-refractivity contribution >= 4 is 23.9 Å². The largest absolute Gasteiger partial charge is 0.368 e. The molecular formula is C33H54N6O3. The summed E-state index contributed by atoms with van der Waals surface area (Å²) in [6.45, 7) is 4.97. The van der Waals surface area contributed by atoms with Crippen molar-refractivity contribution in [3.63, 3.8) is 0 Å². The predicted octanol–water partition coefficient (Wildman–Crippen LogP) is 3.80. The van der Waals surface area contributed by atoms with Gasteiger partial charge in [0.25, 0.3) is 0 Å². The molecule has 2 aliphatic carbocycles. The number of amides is 3. The fraction of sp³-hybridized carbons (Fsp3) is 0.636. The molecule has 2 aliphatic rings. The first-order valence-corrected chi connectivity index (χ1v) is 15.7. The van der Waals surface area contributed by atoms with Crippen molar-refractivity contribution in [1.29, 1.82) is 5.41 Å². The second kappa shape index (κ2) is 19.2. The Balaban J connectivity index is 1.87. The third-order valence-corrected chi connectivity index (χ3v) is 8.46. The van der Waals surface area contributed by atoms with Crippen molar-refractivity contribution in [2.45, 2.75) is 96.6 Å². The van der Waals surface area contributed by atoms with Crippen molar-refractivity contribution < 1.29 is 14.4 Å². The van der Waals surface area contributed by atoms with Crippen molar-refractivity contribution in [3.8, 4) is 0 Å². The highest BCUT2D eigenvalue weighted by Crippen LogP contribution is 2.37. The summed E-state index contributed by atoms with van der Waals surface area (Å²) >= 11 is 0. The zero-order valence-corrected chi connectivity index (χ0v) is 25.7. The van der Waals surface area contributed by atoms with Gasteiger partial charge in [0.1, 0.15) is 12.1 Å². The van der Waals surface area contributed by atoms with Gasteiger partial charge in [-0.3, -0.25) is 14.4 Å². The van der Waals surface area contributed by atoms with Gasteiger partial charge in [0.05, 0.1) is 0 Å². The molecule has 9 heteroatoms. The van der Waals surface area contributed by atoms with E-state index in [0.29, 0.717) is 37.6 Å². The van der Waals surface area contributed by atoms with Gasteiger partial charge in [-0.1, -0.05) is 49.0 Å². The second-order valence-corrected chi connectivity index (χ2v) is 11.9. The number of rotatable bonds is 18. The Kier molecular flexibility index (Phi) is 16.1. The molecule has 0 fully saturated rings. The van der Waals surface area contributed by atoms with Crippen LogP contribution in [0.1, 0.15) is 84.5 Å². The molecule has 0 aromatic rings. The second-order valence-electron chi connectivity index (χ2n) is 11.9. The molecule has 234 valence electrons. The molecule has 0 radical (unpaired) electrons. The summed E-state index contributed by atoms with van der Waals surface area (Å²) in [6, 6.07) is -1.65. The molecule has 0 aromatic heterocycles. The smallest absolute Gasteiger partial charge is 0.243 e. The number of carbonyl (C=O) groups excluding carboxylic acids is 3. The lowest BCUT2D eigenvalue weighted by atomic mass is 9.75. The van der Waals surface area contributed by atoms with Crippen LogP contribution in [0.4, 0.5) is 0 Å². The van der Waals surface area contributed by atoms with E-state index in [-0.39, 0.29) is 37.1 Å². The van der Waals surface area contributed by atoms with Crippen LogP contribution in [0.2, 0.25) is 0 Å². The molecule has 6 unspecified atom stereocenters. The highest BCUT2D eigenvalue weighted by molar-refractivity contribution is 5.91. The van der Waals surface area contributed by atoms with Gasteiger partial charge in [0.15, 0.2) is 0 Å². The van der Waals surface area contributed by atoms with Crippen LogP contribution in [0.15, 0.2) is 47.6 Å². The Morgan fingerprint density at radius 1 is 1.02 bits per heavy atom. The molecule has 9 N–H and O–H groups in total. The molecule has 0 aromatic carbocycles. The van der Waals surface area contributed by atoms with E-state index in [1.54, 1.807) is 0 Å². The number of hydrogen-bond donors (Lipinski definition) is 6. The molecule has 9 nitrogen and oxygen atoms in total. The van der Waals surface area contributed by atoms with Crippen LogP contribution in [-0.2, 0) is 14.4 Å². The summed E-state index contributed by atoms with van der Waals surface area (Å²) in [5, 5.41) is 13.5. The maximum atomic E-state index is 12.8. The molecular weight excluding hydrogens is 528 g/mol. The Morgan fingerprint density at radius 3 is 2.48 bits per heavy atom. The van der Waals surface area contributed by atoms with Gasteiger partial charge in [0, 0.05) is 18.6 Å². The molecule has 0 aliphatic heterocycles. The zero-order chi connectivity index (χ0) is 30.9. The number of allylic oxidation sites excluding steroid dienone is 8. The van der Waals surface area contributed by atoms with Crippen LogP contribution >= 0.6 is 0 Å². The van der Waals surface area contributed by atoms with Crippen LogP contribution in [-0.4, -0.2) is 49.1 Å². The fourth-order valence-corrected chi connectivity index (χ4v) is 5.82. The van der Waals surface area contributed by atoms with E-state index in [9.17, 15) is 14.4 Å². The summed E-state index contributed by atoms with van der Waals surface area (Å²) in [4.78, 5) is 37.3. The van der Waals surface area contributed by atoms with Gasteiger partial charge in [-0.2, -0.15) is 0 Å². The van der Waals surface area contributed by atoms with Crippen molar-refractivity contribution in [2.75, 3.05) is 13.1 Å². The fourth-order valence-electron chi connectivity index (χ4n) is 5.82. The minimum atomic E-state index is -0.835. The summed E-state index contributed by atoms with van der Waals surface area (Å²) in [7, 11) is 0. The minimum Gasteiger partial charge on any atom is -0.368 e. The molecule has 2 rings (SSSR count). The summed E-state index contributed by atoms with van der Waals surface area (Å²) in [5.41, 5.74) is 19.2. The monoisotopic (exact) mass is 582 g/mol. The first-order valence-electron chi connectivity index (χ1n) is 15.7. The standard InChI is InChI=1S/C33H54N6O3/c1-23(12-14-27(22-36)26-15-16-28(24(2)21-26)25-9-5-3-4-6-10-25)13-17-31(40)38-30(18-20-35)33(42)39-29(32(37)41)11-7-8-19-34/h3,5,12,14-15,21-23,25,27-30,36H,4,6-11,13,16-20,34-35H2,1-2H3,(H2,37,41)(H,38,40)(H,39,42)/b14-12-,36-22?. The van der Waals surface area contributed by atoms with Gasteiger partial charge in [-0.05, 0) is 108 Å². The lowest BCUT2D eigenvalue weighted by molar-refractivity contribution is -0.131. The predicted molar refractivity (Wildman–Crippen MR) is 170 cm³/mol. The Bertz CT molecular complexity index is 1020. The van der Waals surface area contributed by atoms with E-state index in [4.69, 9.17) is 22.6 Å². The van der Waals surface area contributed by atoms with Crippen LogP contribution in [0.3, 0.4) is 0 Å². The summed E-state index contributed by atoms with van der Waals surface area (Å²) < 4.78 is 0. The van der Waals surface area contributed by atoms with Crippen molar-refractivity contribution in [1.82, 2.24) is 10.6 Å². The van der Waals surface area contributed by atoms with E-state index in [2.05, 4.69) is 54.0 Å². The Labute approximate surface area is 252 Å². The quantitative estimate of drug-likeness (QED) is 0.0816. The molecule has 0 heterocycles. The molecule has 0 saturated heterocycles. The number of hydrogen-bond acceptors (Lipinski definition) is 6. The van der Waals surface area contributed by atoms with E-state index in [1.165, 1.54) is 31.1 Å². The zero-order valence-electron chi connectivity index (χ0n) is 25.7. The number of unbranched alkanes of at least 4 members (excludes halogenated alkanes) is 1. The molecule has 0 bridgehead atoms. The van der Waals surface area contributed by atoms with Crippen LogP contribution in [0, 0.1) is 29.1 Å². The van der Waals surface area contributed by atoms with Crippen molar-refractivity contribution in [3.05, 3.63) is 47.6 Å². The van der Waals surface area contributed by atoms with Crippen LogP contribution in [0.25, 0.3) is 0 Å². The number of primary amides is 1. The molecule has 3 amide bonds. The first-order chi connectivity index (χ1) is 20.2. The van der Waals surface area contributed by atoms with Gasteiger partial charge in [-0.25, -0.2) is 0 Å². The topological polar surface area (TPSA) is 177 Å². The van der Waals surface area contributed by atoms with Gasteiger partial charge in [0.2, 0.25) is 17.7 Å². The average Bonchev–Trinajstić information content (AvgIpc) is 3.25. The van der Waals surface area contributed by atoms with E-state index >= 15 is 0 Å². The summed E-state index contributed by atoms with van der Waals surface area (Å²) in [6.07, 6.45) is 23.6. The molecule has 0 spiro atoms. The SMILES string of the molecule is CC1=CC(C(C=N)/C=C\C(C)CCC(=O)NC(CCN)C(=O)NC(CCCCN)C(N)=O)=CCC1C1CC=CCCC1. The van der Waals surface area contributed by atoms with Crippen LogP contribution in [0.5, 0.6) is 0 Å². The molecule has 6 atom stereocenters. The highest BCUT2D eigenvalue weighted by Gasteiger charge is 2.26. The third kappa shape index (κ3) is 12.1. The number of nitrogens with two attached hydrogens (primary N) is 3. The van der Waals surface area contributed by atoms with E-state index in [1.807, 2.05) is 6.92 Å². The van der Waals surface area contributed by atoms with E-state index < -0.39 is 23.9 Å². The summed E-state index contributed by atoms with van der Waals surface area (Å²) in [5.74, 6) is -0.0400. The minimum absolute atomic E-state index is 0.0908. The Morgan fingerprint density at radius 2 is 1.81 bits per heavy atom. The van der Waals surface area contributed by atoms with E-state index in [0.717, 1.165) is 24.8 Å². The lowest BCUT2D eigenvalue weighted by Crippen LogP contribution is -2.53. The average molecular weight is 583 g/mol. The number of nitrogens with one attached hydrogen (secondary N) is 3. The highest BCUT2D eigenvalue weighted by atomic mass is 16.2. The third-order valence-electron chi connectivity index (χ3n) is 8.46. The van der Waals surface area contributed by atoms with Crippen LogP contribution < -0.4 is 27.8 Å². The molecule has 42 heavy (non-hydrogen) atoms. The maximum Gasteiger partial charge on any atom is 0.243 e. The van der Waals surface area contributed by atoms with Gasteiger partial charge >= 0.3 is 0 Å². The molecule has 0 saturated carbocycles. The maximum absolute atomic E-state index is 12.8. The lowest BCUT2D eigenvalue weighted by Gasteiger charge is -2.30.